The minimum atomic E-state index is -0.00922. The van der Waals surface area contributed by atoms with E-state index in [9.17, 15) is 4.79 Å². The third kappa shape index (κ3) is 3.27. The number of carbonyl (C=O) groups is 1. The lowest BCUT2D eigenvalue weighted by molar-refractivity contribution is 0.0964. The zero-order valence-corrected chi connectivity index (χ0v) is 14.8. The van der Waals surface area contributed by atoms with Gasteiger partial charge in [0.2, 0.25) is 0 Å². The summed E-state index contributed by atoms with van der Waals surface area (Å²) >= 11 is 1.73. The Kier molecular flexibility index (Phi) is 4.71. The fraction of sp³-hybridized carbons (Fsp3) is 0.421. The lowest BCUT2D eigenvalue weighted by Gasteiger charge is -2.09. The van der Waals surface area contributed by atoms with Crippen LogP contribution in [0.5, 0.6) is 0 Å². The number of amides is 1. The Hall–Kier alpha value is -1.81. The molecule has 1 atom stereocenters. The molecule has 1 aromatic heterocycles. The van der Waals surface area contributed by atoms with Gasteiger partial charge in [-0.1, -0.05) is 38.1 Å². The van der Waals surface area contributed by atoms with Crippen molar-refractivity contribution >= 4 is 22.2 Å². The monoisotopic (exact) mass is 328 g/mol. The Balaban J connectivity index is 1.93. The summed E-state index contributed by atoms with van der Waals surface area (Å²) in [6.07, 6.45) is 2.26. The number of rotatable bonds is 5. The Morgan fingerprint density at radius 2 is 2.13 bits per heavy atom. The Morgan fingerprint density at radius 1 is 1.35 bits per heavy atom. The molecule has 0 saturated heterocycles. The van der Waals surface area contributed by atoms with E-state index in [4.69, 9.17) is 0 Å². The molecule has 1 amide bonds. The number of hydrogen-bond donors (Lipinski definition) is 2. The summed E-state index contributed by atoms with van der Waals surface area (Å²) in [5.41, 5.74) is 3.65. The number of hydrogen-bond acceptors (Lipinski definition) is 3. The van der Waals surface area contributed by atoms with E-state index in [-0.39, 0.29) is 5.91 Å². The predicted octanol–water partition coefficient (Wildman–Crippen LogP) is 4.25. The van der Waals surface area contributed by atoms with Gasteiger partial charge >= 0.3 is 0 Å². The van der Waals surface area contributed by atoms with Gasteiger partial charge in [-0.05, 0) is 36.0 Å². The lowest BCUT2D eigenvalue weighted by Crippen LogP contribution is -2.19. The number of thiophene rings is 1. The number of anilines is 1. The third-order valence-electron chi connectivity index (χ3n) is 4.37. The highest BCUT2D eigenvalue weighted by molar-refractivity contribution is 7.16. The molecule has 0 fully saturated rings. The smallest absolute Gasteiger partial charge is 0.254 e. The second-order valence-corrected chi connectivity index (χ2v) is 7.62. The first-order valence-electron chi connectivity index (χ1n) is 8.27. The fourth-order valence-corrected chi connectivity index (χ4v) is 4.38. The Bertz CT molecular complexity index is 705. The molecule has 1 heterocycles. The number of carbonyl (C=O) groups excluding carboxylic acids is 1. The van der Waals surface area contributed by atoms with Gasteiger partial charge in [0.05, 0.1) is 5.56 Å². The molecule has 0 bridgehead atoms. The van der Waals surface area contributed by atoms with Crippen LogP contribution in [-0.2, 0) is 6.42 Å². The summed E-state index contributed by atoms with van der Waals surface area (Å²) in [6.45, 7) is 5.23. The summed E-state index contributed by atoms with van der Waals surface area (Å²) in [4.78, 5) is 13.5. The van der Waals surface area contributed by atoms with Crippen molar-refractivity contribution in [2.24, 2.45) is 5.92 Å². The molecule has 0 saturated carbocycles. The summed E-state index contributed by atoms with van der Waals surface area (Å²) in [7, 11) is 1.69. The van der Waals surface area contributed by atoms with Crippen molar-refractivity contribution in [1.82, 2.24) is 5.32 Å². The van der Waals surface area contributed by atoms with Crippen molar-refractivity contribution in [1.29, 1.82) is 0 Å². The highest BCUT2D eigenvalue weighted by Crippen LogP contribution is 2.43. The number of aryl methyl sites for hydroxylation is 1. The molecule has 0 aliphatic heterocycles. The van der Waals surface area contributed by atoms with E-state index in [2.05, 4.69) is 54.8 Å². The molecule has 122 valence electrons. The van der Waals surface area contributed by atoms with Gasteiger partial charge < -0.3 is 10.6 Å². The van der Waals surface area contributed by atoms with Gasteiger partial charge in [0.15, 0.2) is 0 Å². The first kappa shape index (κ1) is 16.1. The van der Waals surface area contributed by atoms with Crippen molar-refractivity contribution < 1.29 is 4.79 Å². The maximum atomic E-state index is 12.2. The van der Waals surface area contributed by atoms with Crippen LogP contribution in [0, 0.1) is 5.92 Å². The third-order valence-corrected chi connectivity index (χ3v) is 5.58. The Morgan fingerprint density at radius 3 is 2.87 bits per heavy atom. The van der Waals surface area contributed by atoms with E-state index in [1.807, 2.05) is 0 Å². The van der Waals surface area contributed by atoms with Crippen LogP contribution in [0.25, 0.3) is 0 Å². The molecule has 3 nitrogen and oxygen atoms in total. The molecule has 23 heavy (non-hydrogen) atoms. The summed E-state index contributed by atoms with van der Waals surface area (Å²) in [6, 6.07) is 10.8. The van der Waals surface area contributed by atoms with E-state index in [0.717, 1.165) is 30.0 Å². The van der Waals surface area contributed by atoms with Crippen molar-refractivity contribution in [2.45, 2.75) is 32.6 Å². The zero-order chi connectivity index (χ0) is 16.4. The van der Waals surface area contributed by atoms with Gasteiger partial charge in [0, 0.05) is 24.4 Å². The van der Waals surface area contributed by atoms with Crippen LogP contribution < -0.4 is 10.6 Å². The molecule has 1 aromatic carbocycles. The topological polar surface area (TPSA) is 41.1 Å². The van der Waals surface area contributed by atoms with Gasteiger partial charge in [-0.2, -0.15) is 0 Å². The van der Waals surface area contributed by atoms with E-state index in [0.29, 0.717) is 11.8 Å². The SMILES string of the molecule is CNC(=O)c1cc(C2CCc3ccccc32)sc1NCC(C)C. The molecule has 1 aliphatic carbocycles. The first-order valence-corrected chi connectivity index (χ1v) is 9.09. The van der Waals surface area contributed by atoms with Crippen molar-refractivity contribution in [2.75, 3.05) is 18.9 Å². The summed E-state index contributed by atoms with van der Waals surface area (Å²) in [5.74, 6) is 0.963. The molecule has 3 rings (SSSR count). The number of fused-ring (bicyclic) bond motifs is 1. The van der Waals surface area contributed by atoms with Crippen LogP contribution in [0.2, 0.25) is 0 Å². The largest absolute Gasteiger partial charge is 0.376 e. The summed E-state index contributed by atoms with van der Waals surface area (Å²) < 4.78 is 0. The van der Waals surface area contributed by atoms with Crippen LogP contribution in [0.15, 0.2) is 30.3 Å². The lowest BCUT2D eigenvalue weighted by atomic mass is 9.99. The van der Waals surface area contributed by atoms with Crippen LogP contribution in [0.3, 0.4) is 0 Å². The molecule has 4 heteroatoms. The normalized spacial score (nSPS) is 16.4. The van der Waals surface area contributed by atoms with E-state index in [1.54, 1.807) is 18.4 Å². The van der Waals surface area contributed by atoms with Crippen molar-refractivity contribution in [3.05, 3.63) is 51.9 Å². The highest BCUT2D eigenvalue weighted by atomic mass is 32.1. The molecular formula is C19H24N2OS. The standard InChI is InChI=1S/C19H24N2OS/c1-12(2)11-21-19-16(18(22)20-3)10-17(23-19)15-9-8-13-6-4-5-7-14(13)15/h4-7,10,12,15,21H,8-9,11H2,1-3H3,(H,20,22). The minimum absolute atomic E-state index is 0.00922. The minimum Gasteiger partial charge on any atom is -0.376 e. The molecule has 2 aromatic rings. The van der Waals surface area contributed by atoms with Crippen LogP contribution in [0.4, 0.5) is 5.00 Å². The molecular weight excluding hydrogens is 304 g/mol. The molecule has 1 aliphatic rings. The maximum Gasteiger partial charge on any atom is 0.254 e. The van der Waals surface area contributed by atoms with E-state index >= 15 is 0 Å². The molecule has 0 spiro atoms. The van der Waals surface area contributed by atoms with Gasteiger partial charge in [0.25, 0.3) is 5.91 Å². The van der Waals surface area contributed by atoms with Crippen LogP contribution in [0.1, 0.15) is 52.5 Å². The zero-order valence-electron chi connectivity index (χ0n) is 14.0. The molecule has 0 radical (unpaired) electrons. The fourth-order valence-electron chi connectivity index (χ4n) is 3.17. The quantitative estimate of drug-likeness (QED) is 0.861. The van der Waals surface area contributed by atoms with Gasteiger partial charge in [-0.15, -0.1) is 11.3 Å². The average Bonchev–Trinajstić information content (AvgIpc) is 3.15. The van der Waals surface area contributed by atoms with Gasteiger partial charge in [0.1, 0.15) is 5.00 Å². The maximum absolute atomic E-state index is 12.2. The van der Waals surface area contributed by atoms with Crippen LogP contribution >= 0.6 is 11.3 Å². The van der Waals surface area contributed by atoms with Gasteiger partial charge in [-0.25, -0.2) is 0 Å². The second-order valence-electron chi connectivity index (χ2n) is 6.54. The first-order chi connectivity index (χ1) is 11.1. The van der Waals surface area contributed by atoms with E-state index < -0.39 is 0 Å². The highest BCUT2D eigenvalue weighted by Gasteiger charge is 2.27. The number of benzene rings is 1. The molecule has 2 N–H and O–H groups in total. The van der Waals surface area contributed by atoms with Crippen molar-refractivity contribution in [3.63, 3.8) is 0 Å². The van der Waals surface area contributed by atoms with Crippen LogP contribution in [-0.4, -0.2) is 19.5 Å². The number of nitrogens with one attached hydrogen (secondary N) is 2. The second kappa shape index (κ2) is 6.75. The summed E-state index contributed by atoms with van der Waals surface area (Å²) in [5, 5.41) is 7.21. The van der Waals surface area contributed by atoms with Crippen molar-refractivity contribution in [3.8, 4) is 0 Å². The molecule has 1 unspecified atom stereocenters. The van der Waals surface area contributed by atoms with E-state index in [1.165, 1.54) is 16.0 Å². The average molecular weight is 328 g/mol. The predicted molar refractivity (Wildman–Crippen MR) is 97.6 cm³/mol. The van der Waals surface area contributed by atoms with Gasteiger partial charge in [-0.3, -0.25) is 4.79 Å². The Labute approximate surface area is 142 Å².